The lowest BCUT2D eigenvalue weighted by atomic mass is 9.94. The zero-order chi connectivity index (χ0) is 13.7. The van der Waals surface area contributed by atoms with Crippen molar-refractivity contribution in [2.45, 2.75) is 19.9 Å². The Hall–Kier alpha value is -2.04. The summed E-state index contributed by atoms with van der Waals surface area (Å²) < 4.78 is 0. The van der Waals surface area contributed by atoms with Crippen molar-refractivity contribution < 1.29 is 0 Å². The van der Waals surface area contributed by atoms with Gasteiger partial charge in [0, 0.05) is 0 Å². The monoisotopic (exact) mass is 249 g/mol. The van der Waals surface area contributed by atoms with Crippen molar-refractivity contribution in [1.29, 1.82) is 0 Å². The minimum absolute atomic E-state index is 0.151. The van der Waals surface area contributed by atoms with Crippen molar-refractivity contribution in [3.05, 3.63) is 70.8 Å². The number of hydrogen-bond donors (Lipinski definition) is 1. The van der Waals surface area contributed by atoms with Gasteiger partial charge >= 0.3 is 0 Å². The van der Waals surface area contributed by atoms with Crippen molar-refractivity contribution in [2.24, 2.45) is 0 Å². The predicted octanol–water partition coefficient (Wildman–Crippen LogP) is 3.62. The summed E-state index contributed by atoms with van der Waals surface area (Å²) in [5, 5.41) is 3.43. The van der Waals surface area contributed by atoms with Crippen molar-refractivity contribution in [2.75, 3.05) is 6.54 Å². The SMILES string of the molecule is C#CCNC(c1ccccc1)c1ccc(C)cc1C. The van der Waals surface area contributed by atoms with Crippen LogP contribution in [0.3, 0.4) is 0 Å². The zero-order valence-electron chi connectivity index (χ0n) is 11.5. The highest BCUT2D eigenvalue weighted by Gasteiger charge is 2.14. The Kier molecular flexibility index (Phi) is 4.39. The van der Waals surface area contributed by atoms with Gasteiger partial charge in [-0.25, -0.2) is 0 Å². The third kappa shape index (κ3) is 3.24. The molecule has 0 aliphatic carbocycles. The fraction of sp³-hybridized carbons (Fsp3) is 0.222. The molecule has 19 heavy (non-hydrogen) atoms. The van der Waals surface area contributed by atoms with E-state index >= 15 is 0 Å². The van der Waals surface area contributed by atoms with Gasteiger partial charge in [-0.1, -0.05) is 60.0 Å². The van der Waals surface area contributed by atoms with E-state index in [0.717, 1.165) is 0 Å². The first-order valence-electron chi connectivity index (χ1n) is 6.51. The lowest BCUT2D eigenvalue weighted by molar-refractivity contribution is 0.656. The molecule has 0 spiro atoms. The van der Waals surface area contributed by atoms with Crippen molar-refractivity contribution in [3.8, 4) is 12.3 Å². The molecule has 2 aromatic carbocycles. The van der Waals surface area contributed by atoms with Crippen LogP contribution in [0.1, 0.15) is 28.3 Å². The smallest absolute Gasteiger partial charge is 0.0586 e. The first-order chi connectivity index (χ1) is 9.22. The molecule has 0 heterocycles. The highest BCUT2D eigenvalue weighted by atomic mass is 14.9. The molecule has 1 nitrogen and oxygen atoms in total. The molecular weight excluding hydrogens is 230 g/mol. The van der Waals surface area contributed by atoms with Crippen LogP contribution in [0.15, 0.2) is 48.5 Å². The number of benzene rings is 2. The van der Waals surface area contributed by atoms with E-state index in [1.807, 2.05) is 6.07 Å². The van der Waals surface area contributed by atoms with Crippen molar-refractivity contribution in [3.63, 3.8) is 0 Å². The van der Waals surface area contributed by atoms with Crippen LogP contribution in [0.25, 0.3) is 0 Å². The number of rotatable bonds is 4. The highest BCUT2D eigenvalue weighted by Crippen LogP contribution is 2.25. The first-order valence-corrected chi connectivity index (χ1v) is 6.51. The molecular formula is C18H19N. The van der Waals surface area contributed by atoms with Gasteiger partial charge in [-0.3, -0.25) is 5.32 Å². The Morgan fingerprint density at radius 2 is 1.84 bits per heavy atom. The standard InChI is InChI=1S/C18H19N/c1-4-12-19-18(16-8-6-5-7-9-16)17-11-10-14(2)13-15(17)3/h1,5-11,13,18-19H,12H2,2-3H3. The summed E-state index contributed by atoms with van der Waals surface area (Å²) in [6.07, 6.45) is 5.38. The molecule has 0 aromatic heterocycles. The van der Waals surface area contributed by atoms with Crippen LogP contribution in [0.5, 0.6) is 0 Å². The first kappa shape index (κ1) is 13.4. The molecule has 0 radical (unpaired) electrons. The summed E-state index contributed by atoms with van der Waals surface area (Å²) in [4.78, 5) is 0. The molecule has 1 N–H and O–H groups in total. The summed E-state index contributed by atoms with van der Waals surface area (Å²) in [5.41, 5.74) is 5.10. The molecule has 0 amide bonds. The molecule has 0 bridgehead atoms. The Morgan fingerprint density at radius 3 is 2.47 bits per heavy atom. The maximum absolute atomic E-state index is 5.38. The van der Waals surface area contributed by atoms with Gasteiger partial charge in [0.25, 0.3) is 0 Å². The van der Waals surface area contributed by atoms with E-state index in [1.165, 1.54) is 22.3 Å². The second kappa shape index (κ2) is 6.22. The van der Waals surface area contributed by atoms with E-state index in [2.05, 4.69) is 67.5 Å². The minimum Gasteiger partial charge on any atom is -0.295 e. The van der Waals surface area contributed by atoms with Crippen LogP contribution in [-0.4, -0.2) is 6.54 Å². The second-order valence-electron chi connectivity index (χ2n) is 4.79. The molecule has 96 valence electrons. The fourth-order valence-corrected chi connectivity index (χ4v) is 2.36. The Labute approximate surface area is 115 Å². The summed E-state index contributed by atoms with van der Waals surface area (Å²) in [5.74, 6) is 2.66. The van der Waals surface area contributed by atoms with Gasteiger partial charge in [-0.15, -0.1) is 6.42 Å². The van der Waals surface area contributed by atoms with Crippen molar-refractivity contribution >= 4 is 0 Å². The Morgan fingerprint density at radius 1 is 1.11 bits per heavy atom. The number of nitrogens with one attached hydrogen (secondary N) is 1. The van der Waals surface area contributed by atoms with Crippen LogP contribution < -0.4 is 5.32 Å². The fourth-order valence-electron chi connectivity index (χ4n) is 2.36. The van der Waals surface area contributed by atoms with E-state index in [9.17, 15) is 0 Å². The quantitative estimate of drug-likeness (QED) is 0.816. The summed E-state index contributed by atoms with van der Waals surface area (Å²) in [6.45, 7) is 4.83. The predicted molar refractivity (Wildman–Crippen MR) is 81.0 cm³/mol. The van der Waals surface area contributed by atoms with Crippen LogP contribution in [0.2, 0.25) is 0 Å². The van der Waals surface area contributed by atoms with Crippen LogP contribution >= 0.6 is 0 Å². The van der Waals surface area contributed by atoms with Gasteiger partial charge in [0.15, 0.2) is 0 Å². The van der Waals surface area contributed by atoms with Gasteiger partial charge in [0.05, 0.1) is 12.6 Å². The van der Waals surface area contributed by atoms with Crippen LogP contribution in [-0.2, 0) is 0 Å². The van der Waals surface area contributed by atoms with Crippen molar-refractivity contribution in [1.82, 2.24) is 5.32 Å². The molecule has 1 heteroatoms. The molecule has 1 unspecified atom stereocenters. The van der Waals surface area contributed by atoms with Crippen LogP contribution in [0.4, 0.5) is 0 Å². The Bertz CT molecular complexity index is 578. The van der Waals surface area contributed by atoms with Gasteiger partial charge in [0.2, 0.25) is 0 Å². The van der Waals surface area contributed by atoms with Gasteiger partial charge in [-0.2, -0.15) is 0 Å². The lowest BCUT2D eigenvalue weighted by Crippen LogP contribution is -2.23. The zero-order valence-corrected chi connectivity index (χ0v) is 11.5. The van der Waals surface area contributed by atoms with E-state index in [1.54, 1.807) is 0 Å². The van der Waals surface area contributed by atoms with E-state index in [-0.39, 0.29) is 6.04 Å². The summed E-state index contributed by atoms with van der Waals surface area (Å²) in [6, 6.07) is 17.1. The lowest BCUT2D eigenvalue weighted by Gasteiger charge is -2.21. The summed E-state index contributed by atoms with van der Waals surface area (Å²) in [7, 11) is 0. The average molecular weight is 249 g/mol. The highest BCUT2D eigenvalue weighted by molar-refractivity contribution is 5.39. The number of aryl methyl sites for hydroxylation is 2. The van der Waals surface area contributed by atoms with Crippen LogP contribution in [0, 0.1) is 26.2 Å². The summed E-state index contributed by atoms with van der Waals surface area (Å²) >= 11 is 0. The third-order valence-electron chi connectivity index (χ3n) is 3.28. The molecule has 1 atom stereocenters. The van der Waals surface area contributed by atoms with Gasteiger partial charge in [0.1, 0.15) is 0 Å². The van der Waals surface area contributed by atoms with E-state index in [4.69, 9.17) is 6.42 Å². The number of hydrogen-bond acceptors (Lipinski definition) is 1. The normalized spacial score (nSPS) is 11.8. The maximum Gasteiger partial charge on any atom is 0.0586 e. The molecule has 2 aromatic rings. The molecule has 0 fully saturated rings. The molecule has 0 saturated heterocycles. The minimum atomic E-state index is 0.151. The van der Waals surface area contributed by atoms with E-state index < -0.39 is 0 Å². The number of terminal acetylenes is 1. The largest absolute Gasteiger partial charge is 0.295 e. The molecule has 0 saturated carbocycles. The molecule has 0 aliphatic heterocycles. The third-order valence-corrected chi connectivity index (χ3v) is 3.28. The average Bonchev–Trinajstić information content (AvgIpc) is 2.42. The second-order valence-corrected chi connectivity index (χ2v) is 4.79. The van der Waals surface area contributed by atoms with Gasteiger partial charge < -0.3 is 0 Å². The Balaban J connectivity index is 2.40. The molecule has 2 rings (SSSR count). The maximum atomic E-state index is 5.38. The molecule has 0 aliphatic rings. The topological polar surface area (TPSA) is 12.0 Å². The van der Waals surface area contributed by atoms with Gasteiger partial charge in [-0.05, 0) is 30.5 Å². The van der Waals surface area contributed by atoms with E-state index in [0.29, 0.717) is 6.54 Å².